The van der Waals surface area contributed by atoms with E-state index in [1.807, 2.05) is 0 Å². The van der Waals surface area contributed by atoms with Crippen LogP contribution in [0.5, 0.6) is 5.75 Å². The molecular formula is C25H24F3N3O6. The minimum Gasteiger partial charge on any atom is -0.619 e. The number of nitro groups is 1. The van der Waals surface area contributed by atoms with Crippen LogP contribution in [0.25, 0.3) is 0 Å². The highest BCUT2D eigenvalue weighted by Gasteiger charge is 2.04. The van der Waals surface area contributed by atoms with Crippen LogP contribution in [0.2, 0.25) is 0 Å². The molecule has 2 aromatic carbocycles. The maximum atomic E-state index is 12.6. The predicted molar refractivity (Wildman–Crippen MR) is 128 cm³/mol. The van der Waals surface area contributed by atoms with Crippen molar-refractivity contribution in [2.75, 3.05) is 7.15 Å². The Morgan fingerprint density at radius 3 is 1.65 bits per heavy atom. The van der Waals surface area contributed by atoms with Gasteiger partial charge in [0, 0.05) is 12.1 Å². The number of hydrogen-bond acceptors (Lipinski definition) is 6. The van der Waals surface area contributed by atoms with Crippen molar-refractivity contribution in [2.24, 2.45) is 0 Å². The van der Waals surface area contributed by atoms with Gasteiger partial charge in [-0.25, -0.2) is 8.78 Å². The molecule has 9 nitrogen and oxygen atoms in total. The number of ether oxygens (including phenoxy) is 1. The standard InChI is InChI=1S/C12H10FNO2.C7H7FO.C5H4N2O3.CH3F/c13-11-3-1-10(2-4-11)9-16-12-5-7-14(15)8-6-12;8-7-3-1-6(5-9)2-4-7;8-6-3-1-5(2-4-6)7(9)10;1-2/h1-8H,9H2;1-4,9H,5H2;1-4H;1H3/i;;;1D. The predicted octanol–water partition coefficient (Wildman–Crippen LogP) is 4.17. The van der Waals surface area contributed by atoms with Crippen molar-refractivity contribution in [1.82, 2.24) is 0 Å². The maximum absolute atomic E-state index is 12.6. The summed E-state index contributed by atoms with van der Waals surface area (Å²) in [6.07, 6.45) is 4.89. The van der Waals surface area contributed by atoms with Crippen LogP contribution in [0.1, 0.15) is 12.5 Å². The Bertz CT molecular complexity index is 1160. The Morgan fingerprint density at radius 2 is 1.24 bits per heavy atom. The first-order valence-corrected chi connectivity index (χ1v) is 10.3. The second-order valence-electron chi connectivity index (χ2n) is 6.77. The molecule has 12 heteroatoms. The van der Waals surface area contributed by atoms with Gasteiger partial charge in [-0.2, -0.15) is 9.46 Å². The molecule has 0 saturated heterocycles. The van der Waals surface area contributed by atoms with Gasteiger partial charge in [0.15, 0.2) is 24.8 Å². The Hall–Kier alpha value is -4.71. The lowest BCUT2D eigenvalue weighted by atomic mass is 10.2. The van der Waals surface area contributed by atoms with E-state index in [2.05, 4.69) is 0 Å². The van der Waals surface area contributed by atoms with Crippen LogP contribution in [0.4, 0.5) is 18.9 Å². The fourth-order valence-corrected chi connectivity index (χ4v) is 2.36. The molecule has 0 aliphatic carbocycles. The van der Waals surface area contributed by atoms with E-state index in [-0.39, 0.29) is 23.9 Å². The van der Waals surface area contributed by atoms with Crippen LogP contribution in [0, 0.1) is 32.2 Å². The highest BCUT2D eigenvalue weighted by atomic mass is 19.1. The number of alkyl halides is 1. The largest absolute Gasteiger partial charge is 0.619 e. The van der Waals surface area contributed by atoms with Crippen LogP contribution >= 0.6 is 0 Å². The van der Waals surface area contributed by atoms with Crippen LogP contribution in [0.3, 0.4) is 0 Å². The summed E-state index contributed by atoms with van der Waals surface area (Å²) in [6, 6.07) is 17.3. The zero-order valence-corrected chi connectivity index (χ0v) is 19.3. The fourth-order valence-electron chi connectivity index (χ4n) is 2.36. The zero-order chi connectivity index (χ0) is 28.3. The van der Waals surface area contributed by atoms with Crippen molar-refractivity contribution in [1.29, 1.82) is 0 Å². The van der Waals surface area contributed by atoms with E-state index in [0.717, 1.165) is 35.7 Å². The SMILES string of the molecule is O=[N+]([O-])c1cc[n+]([O-])cc1.OCc1ccc(F)cc1.[2H]CF.[O-][n+]1ccc(OCc2ccc(F)cc2)cc1. The van der Waals surface area contributed by atoms with Gasteiger partial charge in [-0.05, 0) is 35.4 Å². The van der Waals surface area contributed by atoms with Crippen molar-refractivity contribution < 1.29 is 38.8 Å². The van der Waals surface area contributed by atoms with Gasteiger partial charge in [-0.1, -0.05) is 24.3 Å². The molecule has 2 aromatic heterocycles. The van der Waals surface area contributed by atoms with E-state index >= 15 is 0 Å². The van der Waals surface area contributed by atoms with E-state index in [9.17, 15) is 33.7 Å². The quantitative estimate of drug-likeness (QED) is 0.182. The van der Waals surface area contributed by atoms with Gasteiger partial charge in [-0.15, -0.1) is 0 Å². The molecule has 1 N–H and O–H groups in total. The van der Waals surface area contributed by atoms with Gasteiger partial charge in [0.1, 0.15) is 24.0 Å². The van der Waals surface area contributed by atoms with Crippen molar-refractivity contribution in [3.63, 3.8) is 0 Å². The summed E-state index contributed by atoms with van der Waals surface area (Å²) in [5, 5.41) is 39.6. The number of benzene rings is 2. The van der Waals surface area contributed by atoms with E-state index < -0.39 is 12.1 Å². The molecular weight excluding hydrogens is 495 g/mol. The number of aromatic nitrogens is 2. The lowest BCUT2D eigenvalue weighted by Crippen LogP contribution is -2.23. The minimum absolute atomic E-state index is 0.0275. The van der Waals surface area contributed by atoms with Gasteiger partial charge >= 0.3 is 0 Å². The van der Waals surface area contributed by atoms with Gasteiger partial charge < -0.3 is 20.3 Å². The van der Waals surface area contributed by atoms with Gasteiger partial charge in [-0.3, -0.25) is 14.5 Å². The summed E-state index contributed by atoms with van der Waals surface area (Å²) in [5.74, 6) is 0.0690. The van der Waals surface area contributed by atoms with E-state index in [4.69, 9.17) is 11.2 Å². The Labute approximate surface area is 212 Å². The lowest BCUT2D eigenvalue weighted by Gasteiger charge is -2.05. The number of rotatable bonds is 5. The van der Waals surface area contributed by atoms with Crippen molar-refractivity contribution in [3.05, 3.63) is 141 Å². The molecule has 4 aromatic rings. The van der Waals surface area contributed by atoms with Crippen molar-refractivity contribution in [3.8, 4) is 5.75 Å². The minimum atomic E-state index is -1.00. The monoisotopic (exact) mass is 520 g/mol. The summed E-state index contributed by atoms with van der Waals surface area (Å²) >= 11 is 0. The molecule has 0 amide bonds. The highest BCUT2D eigenvalue weighted by molar-refractivity contribution is 5.23. The summed E-state index contributed by atoms with van der Waals surface area (Å²) in [4.78, 5) is 9.45. The number of hydrogen-bond donors (Lipinski definition) is 1. The van der Waals surface area contributed by atoms with E-state index in [0.29, 0.717) is 21.8 Å². The summed E-state index contributed by atoms with van der Waals surface area (Å²) < 4.78 is 46.8. The van der Waals surface area contributed by atoms with Gasteiger partial charge in [0.2, 0.25) is 0 Å². The molecule has 2 heterocycles. The zero-order valence-electron chi connectivity index (χ0n) is 20.3. The second kappa shape index (κ2) is 16.8. The molecule has 0 unspecified atom stereocenters. The number of halogens is 3. The third kappa shape index (κ3) is 12.5. The molecule has 0 aliphatic heterocycles. The summed E-state index contributed by atoms with van der Waals surface area (Å²) in [7, 11) is -1.00. The number of aliphatic hydroxyl groups excluding tert-OH is 1. The number of nitrogens with zero attached hydrogens (tertiary/aromatic N) is 3. The first-order valence-electron chi connectivity index (χ1n) is 11.0. The third-order valence-electron chi connectivity index (χ3n) is 4.18. The summed E-state index contributed by atoms with van der Waals surface area (Å²) in [6.45, 7) is 0.323. The van der Waals surface area contributed by atoms with E-state index in [1.54, 1.807) is 36.4 Å². The second-order valence-corrected chi connectivity index (χ2v) is 6.77. The van der Waals surface area contributed by atoms with Gasteiger partial charge in [0.05, 0.1) is 32.2 Å². The Kier molecular flexibility index (Phi) is 13.0. The van der Waals surface area contributed by atoms with Gasteiger partial charge in [0.25, 0.3) is 5.69 Å². The smallest absolute Gasteiger partial charge is 0.281 e. The Morgan fingerprint density at radius 1 is 0.838 bits per heavy atom. The number of aliphatic hydroxyl groups is 1. The van der Waals surface area contributed by atoms with Crippen molar-refractivity contribution in [2.45, 2.75) is 13.2 Å². The van der Waals surface area contributed by atoms with Crippen LogP contribution in [-0.2, 0) is 13.2 Å². The first-order chi connectivity index (χ1) is 18.2. The van der Waals surface area contributed by atoms with Crippen molar-refractivity contribution >= 4 is 5.69 Å². The molecule has 0 aliphatic rings. The lowest BCUT2D eigenvalue weighted by molar-refractivity contribution is -0.606. The topological polar surface area (TPSA) is 126 Å². The molecule has 4 rings (SSSR count). The normalized spacial score (nSPS) is 9.68. The molecule has 0 bridgehead atoms. The fraction of sp³-hybridized carbons (Fsp3) is 0.120. The summed E-state index contributed by atoms with van der Waals surface area (Å²) in [5.41, 5.74) is 1.53. The van der Waals surface area contributed by atoms with Crippen LogP contribution < -0.4 is 14.2 Å². The molecule has 0 atom stereocenters. The average Bonchev–Trinajstić information content (AvgIpc) is 2.91. The molecule has 0 spiro atoms. The third-order valence-corrected chi connectivity index (χ3v) is 4.18. The maximum Gasteiger partial charge on any atom is 0.281 e. The molecule has 196 valence electrons. The van der Waals surface area contributed by atoms with E-state index in [1.165, 1.54) is 36.7 Å². The van der Waals surface area contributed by atoms with Crippen LogP contribution in [0.15, 0.2) is 97.6 Å². The molecule has 0 radical (unpaired) electrons. The molecule has 0 fully saturated rings. The highest BCUT2D eigenvalue weighted by Crippen LogP contribution is 2.10. The number of pyridine rings is 2. The Balaban J connectivity index is 0.000000284. The molecule has 0 saturated carbocycles. The first kappa shape index (κ1) is 28.5. The van der Waals surface area contributed by atoms with Crippen LogP contribution in [-0.4, -0.2) is 17.2 Å². The molecule has 37 heavy (non-hydrogen) atoms. The average molecular weight is 520 g/mol.